The molecule has 0 radical (unpaired) electrons. The van der Waals surface area contributed by atoms with E-state index in [9.17, 15) is 10.1 Å². The summed E-state index contributed by atoms with van der Waals surface area (Å²) in [5.41, 5.74) is 2.14. The highest BCUT2D eigenvalue weighted by atomic mass is 35.5. The second-order valence-corrected chi connectivity index (χ2v) is 9.11. The number of hydrogen-bond acceptors (Lipinski definition) is 7. The van der Waals surface area contributed by atoms with Crippen molar-refractivity contribution in [3.63, 3.8) is 0 Å². The van der Waals surface area contributed by atoms with Crippen LogP contribution in [0.4, 0.5) is 5.13 Å². The third-order valence-electron chi connectivity index (χ3n) is 4.92. The average Bonchev–Trinajstić information content (AvgIpc) is 3.35. The Morgan fingerprint density at radius 1 is 1.08 bits per heavy atom. The minimum atomic E-state index is -0.315. The van der Waals surface area contributed by atoms with Crippen LogP contribution in [0.15, 0.2) is 66.7 Å². The molecule has 0 fully saturated rings. The zero-order chi connectivity index (χ0) is 25.5. The van der Waals surface area contributed by atoms with Crippen molar-refractivity contribution in [2.75, 3.05) is 12.4 Å². The first-order valence-corrected chi connectivity index (χ1v) is 12.1. The molecule has 1 heterocycles. The number of carbonyl (C=O) groups is 1. The lowest BCUT2D eigenvalue weighted by Crippen LogP contribution is -2.11. The minimum absolute atomic E-state index is 0.205. The summed E-state index contributed by atoms with van der Waals surface area (Å²) in [6, 6.07) is 21.6. The molecule has 0 bridgehead atoms. The number of benzene rings is 3. The normalized spacial score (nSPS) is 11.0. The van der Waals surface area contributed by atoms with Gasteiger partial charge in [0, 0.05) is 16.1 Å². The molecule has 180 valence electrons. The van der Waals surface area contributed by atoms with E-state index in [4.69, 9.17) is 32.7 Å². The first-order chi connectivity index (χ1) is 17.5. The first-order valence-electron chi connectivity index (χ1n) is 10.5. The van der Waals surface area contributed by atoms with E-state index >= 15 is 0 Å². The number of carbonyl (C=O) groups excluding carboxylic acids is 1. The summed E-state index contributed by atoms with van der Waals surface area (Å²) in [6.45, 7) is 0.205. The van der Waals surface area contributed by atoms with Crippen molar-refractivity contribution in [3.8, 4) is 17.6 Å². The molecule has 0 aliphatic rings. The fraction of sp³-hybridized carbons (Fsp3) is 0.0769. The number of nitrogens with zero attached hydrogens (tertiary/aromatic N) is 3. The summed E-state index contributed by atoms with van der Waals surface area (Å²) in [7, 11) is 1.50. The third-order valence-corrected chi connectivity index (χ3v) is 6.45. The number of allylic oxidation sites excluding steroid dienone is 1. The molecule has 0 unspecified atom stereocenters. The number of nitriles is 1. The van der Waals surface area contributed by atoms with E-state index in [0.29, 0.717) is 37.7 Å². The minimum Gasteiger partial charge on any atom is -0.493 e. The van der Waals surface area contributed by atoms with Gasteiger partial charge in [0.2, 0.25) is 5.13 Å². The van der Waals surface area contributed by atoms with Crippen LogP contribution in [0.1, 0.15) is 26.5 Å². The van der Waals surface area contributed by atoms with Crippen LogP contribution in [0, 0.1) is 11.3 Å². The van der Waals surface area contributed by atoms with Gasteiger partial charge < -0.3 is 9.47 Å². The quantitative estimate of drug-likeness (QED) is 0.250. The fourth-order valence-electron chi connectivity index (χ4n) is 3.18. The maximum absolute atomic E-state index is 12.4. The standard InChI is InChI=1S/C26H18Cl2N4O3S/c1-34-22-13-16(12-21(28)23(22)35-15-18-9-5-6-10-20(18)27)11-19(14-29)25-31-32-26(36-25)30-24(33)17-7-3-2-4-8-17/h2-13H,15H2,1H3,(H,30,32,33)/b19-11+. The van der Waals surface area contributed by atoms with Crippen LogP contribution in [-0.4, -0.2) is 23.2 Å². The monoisotopic (exact) mass is 536 g/mol. The van der Waals surface area contributed by atoms with E-state index in [1.165, 1.54) is 7.11 Å². The number of methoxy groups -OCH3 is 1. The van der Waals surface area contributed by atoms with Gasteiger partial charge in [0.1, 0.15) is 12.7 Å². The number of halogens is 2. The van der Waals surface area contributed by atoms with Gasteiger partial charge in [-0.3, -0.25) is 10.1 Å². The van der Waals surface area contributed by atoms with Crippen molar-refractivity contribution in [2.24, 2.45) is 0 Å². The number of anilines is 1. The van der Waals surface area contributed by atoms with Crippen molar-refractivity contribution < 1.29 is 14.3 Å². The first kappa shape index (κ1) is 25.2. The molecule has 0 spiro atoms. The predicted octanol–water partition coefficient (Wildman–Crippen LogP) is 6.75. The van der Waals surface area contributed by atoms with Crippen molar-refractivity contribution in [3.05, 3.63) is 98.5 Å². The summed E-state index contributed by atoms with van der Waals surface area (Å²) in [6.07, 6.45) is 1.61. The Balaban J connectivity index is 1.54. The molecule has 3 aromatic carbocycles. The number of rotatable bonds is 8. The number of ether oxygens (including phenoxy) is 2. The summed E-state index contributed by atoms with van der Waals surface area (Å²) in [5.74, 6) is 0.437. The maximum Gasteiger partial charge on any atom is 0.257 e. The van der Waals surface area contributed by atoms with Crippen LogP contribution in [0.5, 0.6) is 11.5 Å². The largest absolute Gasteiger partial charge is 0.493 e. The fourth-order valence-corrected chi connectivity index (χ4v) is 4.35. The van der Waals surface area contributed by atoms with Crippen LogP contribution in [-0.2, 0) is 6.61 Å². The summed E-state index contributed by atoms with van der Waals surface area (Å²) in [4.78, 5) is 12.4. The van der Waals surface area contributed by atoms with Crippen LogP contribution >= 0.6 is 34.5 Å². The molecular weight excluding hydrogens is 519 g/mol. The lowest BCUT2D eigenvalue weighted by Gasteiger charge is -2.14. The van der Waals surface area contributed by atoms with Gasteiger partial charge in [-0.25, -0.2) is 0 Å². The smallest absolute Gasteiger partial charge is 0.257 e. The highest BCUT2D eigenvalue weighted by Crippen LogP contribution is 2.38. The Labute approximate surface area is 221 Å². The molecule has 7 nitrogen and oxygen atoms in total. The maximum atomic E-state index is 12.4. The molecule has 4 aromatic rings. The molecule has 0 aliphatic carbocycles. The van der Waals surface area contributed by atoms with E-state index in [-0.39, 0.29) is 23.2 Å². The molecule has 0 aliphatic heterocycles. The highest BCUT2D eigenvalue weighted by Gasteiger charge is 2.16. The predicted molar refractivity (Wildman–Crippen MR) is 142 cm³/mol. The summed E-state index contributed by atoms with van der Waals surface area (Å²) >= 11 is 13.8. The second-order valence-electron chi connectivity index (χ2n) is 7.32. The van der Waals surface area contributed by atoms with Crippen LogP contribution < -0.4 is 14.8 Å². The average molecular weight is 537 g/mol. The van der Waals surface area contributed by atoms with E-state index in [1.54, 1.807) is 48.5 Å². The van der Waals surface area contributed by atoms with Gasteiger partial charge >= 0.3 is 0 Å². The molecule has 4 rings (SSSR count). The van der Waals surface area contributed by atoms with Crippen molar-refractivity contribution >= 4 is 57.2 Å². The number of aromatic nitrogens is 2. The Kier molecular flexibility index (Phi) is 8.18. The van der Waals surface area contributed by atoms with E-state index < -0.39 is 0 Å². The lowest BCUT2D eigenvalue weighted by atomic mass is 10.1. The zero-order valence-electron chi connectivity index (χ0n) is 18.9. The molecule has 36 heavy (non-hydrogen) atoms. The Bertz CT molecular complexity index is 1470. The molecule has 1 N–H and O–H groups in total. The van der Waals surface area contributed by atoms with Crippen molar-refractivity contribution in [2.45, 2.75) is 6.61 Å². The van der Waals surface area contributed by atoms with Gasteiger partial charge in [0.25, 0.3) is 5.91 Å². The van der Waals surface area contributed by atoms with E-state index in [0.717, 1.165) is 16.9 Å². The highest BCUT2D eigenvalue weighted by molar-refractivity contribution is 7.16. The summed E-state index contributed by atoms with van der Waals surface area (Å²) in [5, 5.41) is 22.0. The molecule has 1 amide bonds. The number of amides is 1. The molecule has 10 heteroatoms. The van der Waals surface area contributed by atoms with Crippen LogP contribution in [0.2, 0.25) is 10.0 Å². The molecule has 1 aromatic heterocycles. The SMILES string of the molecule is COc1cc(/C=C(\C#N)c2nnc(NC(=O)c3ccccc3)s2)cc(Cl)c1OCc1ccccc1Cl. The second kappa shape index (κ2) is 11.7. The van der Waals surface area contributed by atoms with Gasteiger partial charge in [0.05, 0.1) is 17.7 Å². The van der Waals surface area contributed by atoms with Gasteiger partial charge in [0.15, 0.2) is 16.5 Å². The third kappa shape index (κ3) is 6.01. The van der Waals surface area contributed by atoms with E-state index in [2.05, 4.69) is 21.6 Å². The summed E-state index contributed by atoms with van der Waals surface area (Å²) < 4.78 is 11.4. The van der Waals surface area contributed by atoms with Gasteiger partial charge in [-0.1, -0.05) is 70.9 Å². The molecular formula is C26H18Cl2N4O3S. The van der Waals surface area contributed by atoms with Crippen molar-refractivity contribution in [1.29, 1.82) is 5.26 Å². The van der Waals surface area contributed by atoms with Crippen LogP contribution in [0.25, 0.3) is 11.6 Å². The zero-order valence-corrected chi connectivity index (χ0v) is 21.2. The Morgan fingerprint density at radius 2 is 1.83 bits per heavy atom. The van der Waals surface area contributed by atoms with Crippen LogP contribution in [0.3, 0.4) is 0 Å². The molecule has 0 saturated heterocycles. The topological polar surface area (TPSA) is 97.1 Å². The number of nitrogens with one attached hydrogen (secondary N) is 1. The van der Waals surface area contributed by atoms with Crippen molar-refractivity contribution in [1.82, 2.24) is 10.2 Å². The molecule has 0 atom stereocenters. The van der Waals surface area contributed by atoms with Gasteiger partial charge in [-0.15, -0.1) is 10.2 Å². The Morgan fingerprint density at radius 3 is 2.56 bits per heavy atom. The lowest BCUT2D eigenvalue weighted by molar-refractivity contribution is 0.102. The van der Waals surface area contributed by atoms with E-state index in [1.807, 2.05) is 24.3 Å². The molecule has 0 saturated carbocycles. The van der Waals surface area contributed by atoms with Gasteiger partial charge in [-0.2, -0.15) is 5.26 Å². The number of hydrogen-bond donors (Lipinski definition) is 1. The van der Waals surface area contributed by atoms with Gasteiger partial charge in [-0.05, 0) is 42.0 Å². The Hall–Kier alpha value is -3.90.